The van der Waals surface area contributed by atoms with Gasteiger partial charge in [0, 0.05) is 29.1 Å². The normalized spacial score (nSPS) is 15.2. The minimum Gasteiger partial charge on any atom is -0.368 e. The number of fused-ring (bicyclic) bond motifs is 1. The second-order valence-electron chi connectivity index (χ2n) is 7.26. The Labute approximate surface area is 194 Å². The van der Waals surface area contributed by atoms with Crippen molar-refractivity contribution in [3.05, 3.63) is 65.7 Å². The Kier molecular flexibility index (Phi) is 5.48. The lowest BCUT2D eigenvalue weighted by atomic mass is 10.1. The Morgan fingerprint density at radius 1 is 0.677 bits per heavy atom. The summed E-state index contributed by atoms with van der Waals surface area (Å²) in [5.41, 5.74) is 4.56. The third-order valence-corrected chi connectivity index (χ3v) is 7.59. The minimum absolute atomic E-state index is 0. The first-order valence-electron chi connectivity index (χ1n) is 10.0. The van der Waals surface area contributed by atoms with Gasteiger partial charge in [0.15, 0.2) is 0 Å². The smallest absolute Gasteiger partial charge is 0.134 e. The molecular formula is C23H20ClN5S2. The number of halogens is 1. The standard InChI is InChI=1S/C23H19N5S2.ClH/c1-3-15(21-24-9-10-25-21)4-2-14(1)18-7-8-19(29-18)23-28-17-6-5-16(13-20(17)30-23)22-26-11-12-27-22;/h1-8,13H,9-12H2,(H,24,25)(H,26,27);1H. The fraction of sp³-hybridized carbons (Fsp3) is 0.174. The molecule has 0 saturated carbocycles. The molecule has 8 heteroatoms. The first-order valence-corrected chi connectivity index (χ1v) is 11.7. The second-order valence-corrected chi connectivity index (χ2v) is 9.37. The molecule has 0 fully saturated rings. The summed E-state index contributed by atoms with van der Waals surface area (Å²) in [6.07, 6.45) is 0. The summed E-state index contributed by atoms with van der Waals surface area (Å²) in [4.78, 5) is 16.3. The van der Waals surface area contributed by atoms with Crippen molar-refractivity contribution in [2.75, 3.05) is 26.2 Å². The number of amidine groups is 2. The zero-order chi connectivity index (χ0) is 19.9. The van der Waals surface area contributed by atoms with Crippen LogP contribution in [0.1, 0.15) is 11.1 Å². The van der Waals surface area contributed by atoms with Crippen molar-refractivity contribution in [3.8, 4) is 20.3 Å². The second kappa shape index (κ2) is 8.42. The number of thiazole rings is 1. The van der Waals surface area contributed by atoms with Gasteiger partial charge in [0.05, 0.1) is 28.2 Å². The van der Waals surface area contributed by atoms with E-state index in [1.165, 1.54) is 20.0 Å². The Balaban J connectivity index is 0.00000204. The third kappa shape index (κ3) is 3.84. The minimum atomic E-state index is 0. The molecule has 2 N–H and O–H groups in total. The molecule has 4 heterocycles. The van der Waals surface area contributed by atoms with Crippen LogP contribution in [0.5, 0.6) is 0 Å². The van der Waals surface area contributed by atoms with Crippen molar-refractivity contribution in [3.63, 3.8) is 0 Å². The lowest BCUT2D eigenvalue weighted by Crippen LogP contribution is -2.19. The maximum atomic E-state index is 4.87. The number of benzene rings is 2. The van der Waals surface area contributed by atoms with Gasteiger partial charge >= 0.3 is 0 Å². The van der Waals surface area contributed by atoms with Crippen molar-refractivity contribution in [2.24, 2.45) is 9.98 Å². The molecule has 2 aliphatic heterocycles. The average Bonchev–Trinajstić information content (AvgIpc) is 3.58. The van der Waals surface area contributed by atoms with E-state index in [1.54, 1.807) is 22.7 Å². The number of thiophene rings is 1. The average molecular weight is 466 g/mol. The van der Waals surface area contributed by atoms with E-state index in [0.29, 0.717) is 0 Å². The predicted molar refractivity (Wildman–Crippen MR) is 134 cm³/mol. The molecule has 5 nitrogen and oxygen atoms in total. The lowest BCUT2D eigenvalue weighted by Gasteiger charge is -2.03. The van der Waals surface area contributed by atoms with Crippen LogP contribution < -0.4 is 10.6 Å². The molecule has 4 aromatic rings. The topological polar surface area (TPSA) is 61.7 Å². The summed E-state index contributed by atoms with van der Waals surface area (Å²) in [6, 6.07) is 19.4. The Morgan fingerprint density at radius 3 is 2.03 bits per heavy atom. The van der Waals surface area contributed by atoms with Gasteiger partial charge in [-0.2, -0.15) is 0 Å². The maximum absolute atomic E-state index is 4.87. The Hall–Kier alpha value is -2.74. The van der Waals surface area contributed by atoms with Gasteiger partial charge in [-0.15, -0.1) is 35.1 Å². The molecule has 156 valence electrons. The number of hydrogen-bond donors (Lipinski definition) is 2. The summed E-state index contributed by atoms with van der Waals surface area (Å²) in [5, 5.41) is 7.74. The van der Waals surface area contributed by atoms with Crippen LogP contribution in [0.2, 0.25) is 0 Å². The summed E-state index contributed by atoms with van der Waals surface area (Å²) >= 11 is 3.53. The largest absolute Gasteiger partial charge is 0.368 e. The number of nitrogens with one attached hydrogen (secondary N) is 2. The van der Waals surface area contributed by atoms with E-state index in [1.807, 2.05) is 0 Å². The monoisotopic (exact) mass is 465 g/mol. The quantitative estimate of drug-likeness (QED) is 0.454. The highest BCUT2D eigenvalue weighted by atomic mass is 35.5. The van der Waals surface area contributed by atoms with Gasteiger partial charge in [-0.3, -0.25) is 9.98 Å². The molecule has 2 aromatic carbocycles. The van der Waals surface area contributed by atoms with Gasteiger partial charge in [0.2, 0.25) is 0 Å². The van der Waals surface area contributed by atoms with Gasteiger partial charge < -0.3 is 10.6 Å². The van der Waals surface area contributed by atoms with Gasteiger partial charge in [0.25, 0.3) is 0 Å². The van der Waals surface area contributed by atoms with Crippen molar-refractivity contribution < 1.29 is 0 Å². The van der Waals surface area contributed by atoms with E-state index in [2.05, 4.69) is 75.2 Å². The predicted octanol–water partition coefficient (Wildman–Crippen LogP) is 4.81. The molecule has 6 rings (SSSR count). The fourth-order valence-electron chi connectivity index (χ4n) is 3.76. The molecule has 2 aliphatic rings. The number of aliphatic imine (C=N–C) groups is 2. The summed E-state index contributed by atoms with van der Waals surface area (Å²) < 4.78 is 1.20. The number of nitrogens with zero attached hydrogens (tertiary/aromatic N) is 3. The number of rotatable bonds is 4. The highest BCUT2D eigenvalue weighted by Crippen LogP contribution is 2.38. The SMILES string of the molecule is Cl.c1cc(-c2ccc(-c3nc4ccc(C5=NCCN5)cc4s3)s2)ccc1C1=NCCN1. The van der Waals surface area contributed by atoms with Crippen LogP contribution in [0.25, 0.3) is 30.5 Å². The van der Waals surface area contributed by atoms with E-state index in [9.17, 15) is 0 Å². The van der Waals surface area contributed by atoms with Crippen molar-refractivity contribution in [1.29, 1.82) is 0 Å². The first-order chi connectivity index (χ1) is 14.8. The Bertz CT molecular complexity index is 1300. The van der Waals surface area contributed by atoms with Crippen LogP contribution in [0, 0.1) is 0 Å². The van der Waals surface area contributed by atoms with Crippen LogP contribution in [-0.4, -0.2) is 42.8 Å². The maximum Gasteiger partial charge on any atom is 0.134 e. The van der Waals surface area contributed by atoms with Crippen LogP contribution in [0.4, 0.5) is 0 Å². The van der Waals surface area contributed by atoms with E-state index in [-0.39, 0.29) is 12.4 Å². The third-order valence-electron chi connectivity index (χ3n) is 5.27. The highest BCUT2D eigenvalue weighted by molar-refractivity contribution is 7.26. The van der Waals surface area contributed by atoms with E-state index in [0.717, 1.165) is 59.5 Å². The molecule has 0 aliphatic carbocycles. The molecular weight excluding hydrogens is 446 g/mol. The van der Waals surface area contributed by atoms with E-state index < -0.39 is 0 Å². The molecule has 0 amide bonds. The highest BCUT2D eigenvalue weighted by Gasteiger charge is 2.14. The first kappa shape index (κ1) is 20.2. The van der Waals surface area contributed by atoms with Crippen molar-refractivity contribution >= 4 is 57.0 Å². The zero-order valence-electron chi connectivity index (χ0n) is 16.6. The lowest BCUT2D eigenvalue weighted by molar-refractivity contribution is 0.960. The molecule has 0 unspecified atom stereocenters. The van der Waals surface area contributed by atoms with Crippen LogP contribution in [0.15, 0.2) is 64.6 Å². The summed E-state index contributed by atoms with van der Waals surface area (Å²) in [5.74, 6) is 1.99. The van der Waals surface area contributed by atoms with Crippen LogP contribution in [-0.2, 0) is 0 Å². The Morgan fingerprint density at radius 2 is 1.32 bits per heavy atom. The van der Waals surface area contributed by atoms with Gasteiger partial charge in [0.1, 0.15) is 16.7 Å². The van der Waals surface area contributed by atoms with Gasteiger partial charge in [-0.25, -0.2) is 4.98 Å². The molecule has 0 saturated heterocycles. The molecule has 31 heavy (non-hydrogen) atoms. The van der Waals surface area contributed by atoms with Gasteiger partial charge in [-0.1, -0.05) is 24.3 Å². The number of aromatic nitrogens is 1. The molecule has 2 aromatic heterocycles. The van der Waals surface area contributed by atoms with E-state index >= 15 is 0 Å². The molecule has 0 radical (unpaired) electrons. The van der Waals surface area contributed by atoms with Gasteiger partial charge in [-0.05, 0) is 35.9 Å². The summed E-state index contributed by atoms with van der Waals surface area (Å²) in [6.45, 7) is 3.56. The van der Waals surface area contributed by atoms with Crippen molar-refractivity contribution in [2.45, 2.75) is 0 Å². The molecule has 0 spiro atoms. The fourth-order valence-corrected chi connectivity index (χ4v) is 5.83. The summed E-state index contributed by atoms with van der Waals surface area (Å²) in [7, 11) is 0. The van der Waals surface area contributed by atoms with Crippen LogP contribution >= 0.6 is 35.1 Å². The molecule has 0 bridgehead atoms. The molecule has 0 atom stereocenters. The number of hydrogen-bond acceptors (Lipinski definition) is 7. The zero-order valence-corrected chi connectivity index (χ0v) is 19.0. The van der Waals surface area contributed by atoms with E-state index in [4.69, 9.17) is 4.98 Å². The van der Waals surface area contributed by atoms with Crippen LogP contribution in [0.3, 0.4) is 0 Å². The van der Waals surface area contributed by atoms with Crippen molar-refractivity contribution in [1.82, 2.24) is 15.6 Å².